The molecule has 1 fully saturated rings. The molecule has 0 N–H and O–H groups in total. The summed E-state index contributed by atoms with van der Waals surface area (Å²) in [4.78, 5) is 12.1. The number of rotatable bonds is 7. The van der Waals surface area contributed by atoms with E-state index in [1.807, 2.05) is 20.8 Å². The van der Waals surface area contributed by atoms with Crippen molar-refractivity contribution in [3.05, 3.63) is 0 Å². The van der Waals surface area contributed by atoms with Crippen LogP contribution in [0.1, 0.15) is 47.0 Å². The van der Waals surface area contributed by atoms with Crippen LogP contribution in [0.5, 0.6) is 0 Å². The Kier molecular flexibility index (Phi) is 7.28. The molecule has 0 amide bonds. The summed E-state index contributed by atoms with van der Waals surface area (Å²) in [7, 11) is -3.65. The van der Waals surface area contributed by atoms with Crippen LogP contribution in [0.3, 0.4) is 0 Å². The van der Waals surface area contributed by atoms with Gasteiger partial charge < -0.3 is 14.2 Å². The third-order valence-electron chi connectivity index (χ3n) is 3.68. The first kappa shape index (κ1) is 19.4. The lowest BCUT2D eigenvalue weighted by Crippen LogP contribution is -2.48. The van der Waals surface area contributed by atoms with Gasteiger partial charge in [-0.1, -0.05) is 13.8 Å². The molecule has 7 heteroatoms. The molecule has 0 saturated carbocycles. The van der Waals surface area contributed by atoms with E-state index in [9.17, 15) is 13.2 Å². The Morgan fingerprint density at radius 2 is 1.95 bits per heavy atom. The molecule has 0 radical (unpaired) electrons. The van der Waals surface area contributed by atoms with E-state index in [1.165, 1.54) is 0 Å². The van der Waals surface area contributed by atoms with Gasteiger partial charge in [0, 0.05) is 6.26 Å². The molecule has 0 aromatic carbocycles. The third-order valence-corrected chi connectivity index (χ3v) is 5.06. The van der Waals surface area contributed by atoms with Crippen molar-refractivity contribution in [2.75, 3.05) is 12.9 Å². The van der Waals surface area contributed by atoms with Crippen molar-refractivity contribution < 1.29 is 27.4 Å². The van der Waals surface area contributed by atoms with Crippen LogP contribution in [0.2, 0.25) is 0 Å². The summed E-state index contributed by atoms with van der Waals surface area (Å²) in [6.07, 6.45) is 2.47. The fraction of sp³-hybridized carbons (Fsp3) is 0.933. The van der Waals surface area contributed by atoms with Gasteiger partial charge >= 0.3 is 5.97 Å². The lowest BCUT2D eigenvalue weighted by molar-refractivity contribution is -0.219. The van der Waals surface area contributed by atoms with E-state index in [2.05, 4.69) is 0 Å². The number of carbonyl (C=O) groups is 1. The quantitative estimate of drug-likeness (QED) is 0.661. The van der Waals surface area contributed by atoms with Gasteiger partial charge in [0.25, 0.3) is 0 Å². The second-order valence-corrected chi connectivity index (χ2v) is 8.32. The first-order chi connectivity index (χ1) is 10.2. The average Bonchev–Trinajstić information content (AvgIpc) is 2.36. The molecule has 0 aromatic heterocycles. The van der Waals surface area contributed by atoms with Crippen molar-refractivity contribution in [3.63, 3.8) is 0 Å². The van der Waals surface area contributed by atoms with Crippen molar-refractivity contribution in [1.82, 2.24) is 0 Å². The van der Waals surface area contributed by atoms with Gasteiger partial charge in [0.1, 0.15) is 0 Å². The molecule has 1 aliphatic rings. The van der Waals surface area contributed by atoms with Gasteiger partial charge in [-0.3, -0.25) is 4.79 Å². The second-order valence-electron chi connectivity index (χ2n) is 6.15. The summed E-state index contributed by atoms with van der Waals surface area (Å²) >= 11 is 0. The van der Waals surface area contributed by atoms with Gasteiger partial charge in [-0.2, -0.15) is 0 Å². The van der Waals surface area contributed by atoms with Gasteiger partial charge in [-0.15, -0.1) is 0 Å². The van der Waals surface area contributed by atoms with Gasteiger partial charge in [-0.25, -0.2) is 8.42 Å². The summed E-state index contributed by atoms with van der Waals surface area (Å²) < 4.78 is 40.7. The fourth-order valence-electron chi connectivity index (χ4n) is 2.60. The molecule has 1 aliphatic heterocycles. The largest absolute Gasteiger partial charge is 0.465 e. The van der Waals surface area contributed by atoms with E-state index >= 15 is 0 Å². The molecule has 0 bridgehead atoms. The Hall–Kier alpha value is -0.660. The summed E-state index contributed by atoms with van der Waals surface area (Å²) in [6, 6.07) is 0. The number of sulfone groups is 1. The van der Waals surface area contributed by atoms with Crippen LogP contribution in [-0.2, 0) is 28.8 Å². The molecule has 1 rings (SSSR count). The molecule has 0 aromatic rings. The lowest BCUT2D eigenvalue weighted by Gasteiger charge is -2.34. The highest BCUT2D eigenvalue weighted by molar-refractivity contribution is 7.92. The molecule has 0 aliphatic carbocycles. The summed E-state index contributed by atoms with van der Waals surface area (Å²) in [5.74, 6) is -0.919. The zero-order valence-electron chi connectivity index (χ0n) is 14.1. The van der Waals surface area contributed by atoms with E-state index in [4.69, 9.17) is 14.2 Å². The number of carbonyl (C=O) groups excluding carboxylic acids is 1. The second kappa shape index (κ2) is 8.26. The van der Waals surface area contributed by atoms with Crippen LogP contribution in [0.25, 0.3) is 0 Å². The molecule has 0 spiro atoms. The Morgan fingerprint density at radius 1 is 1.32 bits per heavy atom. The predicted octanol–water partition coefficient (Wildman–Crippen LogP) is 1.92. The highest BCUT2D eigenvalue weighted by atomic mass is 32.2. The monoisotopic (exact) mass is 336 g/mol. The van der Waals surface area contributed by atoms with Crippen LogP contribution in [-0.4, -0.2) is 51.0 Å². The smallest absolute Gasteiger partial charge is 0.327 e. The molecule has 6 nitrogen and oxygen atoms in total. The Labute approximate surface area is 133 Å². The number of esters is 1. The Bertz CT molecular complexity index is 459. The average molecular weight is 336 g/mol. The molecule has 1 heterocycles. The zero-order chi connectivity index (χ0) is 16.9. The lowest BCUT2D eigenvalue weighted by atomic mass is 10.0. The SMILES string of the molecule is CCOC(=O)C([C@H](OC1CCC[C@H](C)O1)C(C)C)S(C)(=O)=O. The first-order valence-electron chi connectivity index (χ1n) is 7.83. The number of hydrogen-bond acceptors (Lipinski definition) is 6. The number of hydrogen-bond donors (Lipinski definition) is 0. The molecule has 4 atom stereocenters. The van der Waals surface area contributed by atoms with Crippen molar-refractivity contribution in [2.45, 2.75) is 70.7 Å². The molecule has 1 saturated heterocycles. The van der Waals surface area contributed by atoms with Crippen LogP contribution in [0.4, 0.5) is 0 Å². The Balaban J connectivity index is 2.95. The summed E-state index contributed by atoms with van der Waals surface area (Å²) in [6.45, 7) is 7.39. The fourth-order valence-corrected chi connectivity index (χ4v) is 3.88. The van der Waals surface area contributed by atoms with E-state index in [1.54, 1.807) is 6.92 Å². The van der Waals surface area contributed by atoms with Crippen LogP contribution in [0.15, 0.2) is 0 Å². The van der Waals surface area contributed by atoms with E-state index in [0.717, 1.165) is 19.1 Å². The maximum absolute atomic E-state index is 12.1. The maximum atomic E-state index is 12.1. The minimum atomic E-state index is -3.65. The van der Waals surface area contributed by atoms with Gasteiger partial charge in [0.15, 0.2) is 21.4 Å². The van der Waals surface area contributed by atoms with Crippen molar-refractivity contribution in [2.24, 2.45) is 5.92 Å². The predicted molar refractivity (Wildman–Crippen MR) is 83.2 cm³/mol. The molecular formula is C15H28O6S. The van der Waals surface area contributed by atoms with E-state index < -0.39 is 33.5 Å². The van der Waals surface area contributed by atoms with Gasteiger partial charge in [-0.05, 0) is 39.0 Å². The normalized spacial score (nSPS) is 25.7. The van der Waals surface area contributed by atoms with Crippen molar-refractivity contribution in [1.29, 1.82) is 0 Å². The van der Waals surface area contributed by atoms with E-state index in [0.29, 0.717) is 6.42 Å². The Morgan fingerprint density at radius 3 is 2.41 bits per heavy atom. The first-order valence-corrected chi connectivity index (χ1v) is 9.78. The molecule has 130 valence electrons. The van der Waals surface area contributed by atoms with E-state index in [-0.39, 0.29) is 18.6 Å². The topological polar surface area (TPSA) is 78.9 Å². The van der Waals surface area contributed by atoms with Crippen LogP contribution < -0.4 is 0 Å². The summed E-state index contributed by atoms with van der Waals surface area (Å²) in [5.41, 5.74) is 0. The highest BCUT2D eigenvalue weighted by Crippen LogP contribution is 2.26. The van der Waals surface area contributed by atoms with Crippen molar-refractivity contribution >= 4 is 15.8 Å². The van der Waals surface area contributed by atoms with Crippen molar-refractivity contribution in [3.8, 4) is 0 Å². The number of ether oxygens (including phenoxy) is 3. The molecule has 2 unspecified atom stereocenters. The maximum Gasteiger partial charge on any atom is 0.327 e. The minimum absolute atomic E-state index is 0.0749. The van der Waals surface area contributed by atoms with Crippen LogP contribution in [0, 0.1) is 5.92 Å². The molecular weight excluding hydrogens is 308 g/mol. The highest BCUT2D eigenvalue weighted by Gasteiger charge is 2.42. The van der Waals surface area contributed by atoms with Gasteiger partial charge in [0.05, 0.1) is 18.8 Å². The zero-order valence-corrected chi connectivity index (χ0v) is 14.9. The minimum Gasteiger partial charge on any atom is -0.465 e. The molecule has 22 heavy (non-hydrogen) atoms. The third kappa shape index (κ3) is 5.52. The summed E-state index contributed by atoms with van der Waals surface area (Å²) in [5, 5.41) is -1.33. The van der Waals surface area contributed by atoms with Gasteiger partial charge in [0.2, 0.25) is 0 Å². The standard InChI is InChI=1S/C15H28O6S/c1-6-19-15(16)14(22(5,17)18)13(10(2)3)21-12-9-7-8-11(4)20-12/h10-14H,6-9H2,1-5H3/t11-,12?,13+,14?/m0/s1. The van der Waals surface area contributed by atoms with Crippen LogP contribution >= 0.6 is 0 Å².